The highest BCUT2D eigenvalue weighted by atomic mass is 79.9. The number of carbonyl (C=O) groups is 1. The predicted molar refractivity (Wildman–Crippen MR) is 84.0 cm³/mol. The molecule has 0 atom stereocenters. The van der Waals surface area contributed by atoms with E-state index in [4.69, 9.17) is 9.47 Å². The predicted octanol–water partition coefficient (Wildman–Crippen LogP) is 4.33. The highest BCUT2D eigenvalue weighted by Crippen LogP contribution is 2.63. The maximum Gasteiger partial charge on any atom is 0.193 e. The molecule has 0 fully saturated rings. The molecule has 0 amide bonds. The first-order chi connectivity index (χ1) is 8.27. The van der Waals surface area contributed by atoms with Crippen LogP contribution in [0.5, 0.6) is 11.5 Å². The SMILES string of the molecule is COc1cc2c(cc1OC)C(Br)(Br)C(Br)(Br)C2=O. The van der Waals surface area contributed by atoms with Crippen molar-refractivity contribution in [3.63, 3.8) is 0 Å². The second kappa shape index (κ2) is 4.75. The lowest BCUT2D eigenvalue weighted by molar-refractivity contribution is 0.0992. The second-order valence-corrected chi connectivity index (χ2v) is 10.6. The normalized spacial score (nSPS) is 19.6. The third-order valence-electron chi connectivity index (χ3n) is 2.79. The largest absolute Gasteiger partial charge is 0.493 e. The first kappa shape index (κ1) is 14.8. The van der Waals surface area contributed by atoms with Crippen LogP contribution in [0.15, 0.2) is 12.1 Å². The number of Topliss-reactive ketones (excluding diaryl/α,β-unsaturated/α-hetero) is 1. The fourth-order valence-corrected chi connectivity index (χ4v) is 3.68. The van der Waals surface area contributed by atoms with Gasteiger partial charge < -0.3 is 9.47 Å². The van der Waals surface area contributed by atoms with Gasteiger partial charge >= 0.3 is 0 Å². The molecule has 0 aromatic heterocycles. The summed E-state index contributed by atoms with van der Waals surface area (Å²) in [6.07, 6.45) is 0. The van der Waals surface area contributed by atoms with Gasteiger partial charge in [-0.25, -0.2) is 0 Å². The van der Waals surface area contributed by atoms with Crippen molar-refractivity contribution >= 4 is 69.5 Å². The number of rotatable bonds is 2. The van der Waals surface area contributed by atoms with Gasteiger partial charge in [0.05, 0.1) is 14.2 Å². The van der Waals surface area contributed by atoms with E-state index in [1.807, 2.05) is 0 Å². The molecule has 0 unspecified atom stereocenters. The summed E-state index contributed by atoms with van der Waals surface area (Å²) in [5.41, 5.74) is 1.34. The van der Waals surface area contributed by atoms with Gasteiger partial charge in [0.1, 0.15) is 3.23 Å². The Balaban J connectivity index is 2.73. The molecule has 0 N–H and O–H groups in total. The Bertz CT molecular complexity index is 525. The van der Waals surface area contributed by atoms with Crippen LogP contribution in [-0.2, 0) is 3.23 Å². The standard InChI is InChI=1S/C11H8Br4O3/c1-17-7-3-5-6(4-8(7)18-2)10(12,13)11(14,15)9(5)16/h3-4H,1-2H3. The third kappa shape index (κ3) is 1.89. The van der Waals surface area contributed by atoms with Crippen molar-refractivity contribution < 1.29 is 14.3 Å². The third-order valence-corrected chi connectivity index (χ3v) is 8.87. The van der Waals surface area contributed by atoms with Crippen molar-refractivity contribution in [3.8, 4) is 11.5 Å². The van der Waals surface area contributed by atoms with Gasteiger partial charge in [-0.3, -0.25) is 4.79 Å². The van der Waals surface area contributed by atoms with Gasteiger partial charge in [-0.2, -0.15) is 0 Å². The molecule has 18 heavy (non-hydrogen) atoms. The number of ketones is 1. The molecule has 0 bridgehead atoms. The Kier molecular flexibility index (Phi) is 3.91. The molecule has 1 aromatic carbocycles. The fraction of sp³-hybridized carbons (Fsp3) is 0.364. The molecule has 0 saturated heterocycles. The molecule has 0 radical (unpaired) electrons. The summed E-state index contributed by atoms with van der Waals surface area (Å²) in [5, 5.41) is 0. The summed E-state index contributed by atoms with van der Waals surface area (Å²) >= 11 is 13.8. The van der Waals surface area contributed by atoms with Crippen LogP contribution in [0.4, 0.5) is 0 Å². The summed E-state index contributed by atoms with van der Waals surface area (Å²) in [6.45, 7) is 0. The lowest BCUT2D eigenvalue weighted by Gasteiger charge is -2.25. The number of halogens is 4. The smallest absolute Gasteiger partial charge is 0.193 e. The maximum atomic E-state index is 12.4. The number of carbonyl (C=O) groups excluding carboxylic acids is 1. The molecule has 2 rings (SSSR count). The average Bonchev–Trinajstić information content (AvgIpc) is 2.46. The minimum absolute atomic E-state index is 0.0906. The molecule has 98 valence electrons. The number of benzene rings is 1. The number of hydrogen-bond acceptors (Lipinski definition) is 3. The first-order valence-electron chi connectivity index (χ1n) is 4.84. The Labute approximate surface area is 138 Å². The fourth-order valence-electron chi connectivity index (χ4n) is 1.81. The second-order valence-electron chi connectivity index (χ2n) is 3.73. The minimum atomic E-state index is -0.952. The molecule has 1 aliphatic rings. The van der Waals surface area contributed by atoms with Gasteiger partial charge in [0, 0.05) is 5.56 Å². The van der Waals surface area contributed by atoms with Crippen molar-refractivity contribution in [3.05, 3.63) is 23.3 Å². The zero-order valence-electron chi connectivity index (χ0n) is 9.39. The quantitative estimate of drug-likeness (QED) is 0.559. The van der Waals surface area contributed by atoms with Crippen molar-refractivity contribution in [2.45, 2.75) is 6.47 Å². The molecular weight excluding hydrogens is 500 g/mol. The van der Waals surface area contributed by atoms with Crippen molar-refractivity contribution in [1.29, 1.82) is 0 Å². The van der Waals surface area contributed by atoms with Gasteiger partial charge in [0.2, 0.25) is 0 Å². The van der Waals surface area contributed by atoms with Crippen LogP contribution < -0.4 is 9.47 Å². The number of hydrogen-bond donors (Lipinski definition) is 0. The lowest BCUT2D eigenvalue weighted by Crippen LogP contribution is -2.31. The topological polar surface area (TPSA) is 35.5 Å². The van der Waals surface area contributed by atoms with E-state index in [-0.39, 0.29) is 5.78 Å². The van der Waals surface area contributed by atoms with Gasteiger partial charge in [0.15, 0.2) is 20.5 Å². The van der Waals surface area contributed by atoms with Crippen LogP contribution in [0.25, 0.3) is 0 Å². The Morgan fingerprint density at radius 2 is 1.44 bits per heavy atom. The molecule has 0 spiro atoms. The Morgan fingerprint density at radius 3 is 1.94 bits per heavy atom. The van der Waals surface area contributed by atoms with Crippen molar-refractivity contribution in [2.75, 3.05) is 14.2 Å². The van der Waals surface area contributed by atoms with Crippen LogP contribution in [0.3, 0.4) is 0 Å². The zero-order valence-corrected chi connectivity index (χ0v) is 15.7. The van der Waals surface area contributed by atoms with Gasteiger partial charge in [-0.15, -0.1) is 0 Å². The van der Waals surface area contributed by atoms with Crippen LogP contribution >= 0.6 is 63.7 Å². The summed E-state index contributed by atoms with van der Waals surface area (Å²) in [7, 11) is 3.09. The highest BCUT2D eigenvalue weighted by Gasteiger charge is 2.59. The summed E-state index contributed by atoms with van der Waals surface area (Å²) in [6, 6.07) is 3.46. The van der Waals surface area contributed by atoms with E-state index < -0.39 is 6.47 Å². The van der Waals surface area contributed by atoms with E-state index in [1.54, 1.807) is 19.2 Å². The average molecular weight is 508 g/mol. The van der Waals surface area contributed by atoms with E-state index in [0.29, 0.717) is 17.1 Å². The molecule has 3 nitrogen and oxygen atoms in total. The van der Waals surface area contributed by atoms with E-state index in [2.05, 4.69) is 63.7 Å². The zero-order chi connectivity index (χ0) is 13.7. The molecule has 1 aromatic rings. The lowest BCUT2D eigenvalue weighted by atomic mass is 10.1. The van der Waals surface area contributed by atoms with Crippen LogP contribution in [0.2, 0.25) is 0 Å². The van der Waals surface area contributed by atoms with E-state index in [9.17, 15) is 4.79 Å². The number of ether oxygens (including phenoxy) is 2. The van der Waals surface area contributed by atoms with E-state index in [0.717, 1.165) is 5.56 Å². The van der Waals surface area contributed by atoms with E-state index in [1.165, 1.54) is 7.11 Å². The van der Waals surface area contributed by atoms with Crippen molar-refractivity contribution in [2.24, 2.45) is 0 Å². The number of methoxy groups -OCH3 is 2. The molecule has 7 heteroatoms. The van der Waals surface area contributed by atoms with Crippen LogP contribution in [0, 0.1) is 0 Å². The maximum absolute atomic E-state index is 12.4. The van der Waals surface area contributed by atoms with Crippen LogP contribution in [0.1, 0.15) is 15.9 Å². The van der Waals surface area contributed by atoms with Gasteiger partial charge in [-0.1, -0.05) is 63.7 Å². The molecular formula is C11H8Br4O3. The Hall–Kier alpha value is 0.410. The van der Waals surface area contributed by atoms with Gasteiger partial charge in [-0.05, 0) is 17.7 Å². The first-order valence-corrected chi connectivity index (χ1v) is 8.01. The molecule has 0 aliphatic heterocycles. The number of alkyl halides is 4. The highest BCUT2D eigenvalue weighted by molar-refractivity contribution is 9.30. The Morgan fingerprint density at radius 1 is 0.944 bits per heavy atom. The van der Waals surface area contributed by atoms with Crippen molar-refractivity contribution in [1.82, 2.24) is 0 Å². The summed E-state index contributed by atoms with van der Waals surface area (Å²) in [5.74, 6) is 1.01. The molecule has 0 saturated carbocycles. The van der Waals surface area contributed by atoms with Crippen LogP contribution in [-0.4, -0.2) is 23.2 Å². The minimum Gasteiger partial charge on any atom is -0.493 e. The molecule has 0 heterocycles. The monoisotopic (exact) mass is 504 g/mol. The van der Waals surface area contributed by atoms with E-state index >= 15 is 0 Å². The molecule has 1 aliphatic carbocycles. The van der Waals surface area contributed by atoms with Gasteiger partial charge in [0.25, 0.3) is 0 Å². The number of fused-ring (bicyclic) bond motifs is 1. The summed E-state index contributed by atoms with van der Waals surface area (Å²) < 4.78 is 8.75. The summed E-state index contributed by atoms with van der Waals surface area (Å²) in [4.78, 5) is 12.4.